The zero-order chi connectivity index (χ0) is 49.6. The summed E-state index contributed by atoms with van der Waals surface area (Å²) in [7, 11) is 4.83. The molecule has 0 aliphatic heterocycles. The number of rotatable bonds is 0. The highest BCUT2D eigenvalue weighted by molar-refractivity contribution is 6.32. The normalized spacial score (nSPS) is 8.31. The molecule has 0 unspecified atom stereocenters. The Morgan fingerprint density at radius 1 is 0.250 bits per heavy atom. The fraction of sp³-hybridized carbons (Fsp3) is 0.250. The van der Waals surface area contributed by atoms with E-state index in [1.165, 1.54) is 0 Å². The van der Waals surface area contributed by atoms with Crippen LogP contribution in [0.5, 0.6) is 0 Å². The maximum absolute atomic E-state index is 10.1. The summed E-state index contributed by atoms with van der Waals surface area (Å²) in [6, 6.07) is 0. The van der Waals surface area contributed by atoms with Crippen LogP contribution in [0.25, 0.3) is 0 Å². The standard InChI is InChI=1S/8C4H6N2.4BFH2O2/c8*1-6-3-2-5-4-6;4*2-1(3)4/h8*2-4H,1H3;4*3-4H. The van der Waals surface area contributed by atoms with Crippen molar-refractivity contribution in [3.8, 4) is 0 Å². The van der Waals surface area contributed by atoms with Gasteiger partial charge < -0.3 is 76.7 Å². The lowest BCUT2D eigenvalue weighted by Crippen LogP contribution is -1.98. The smallest absolute Gasteiger partial charge is 0.398 e. The van der Waals surface area contributed by atoms with Gasteiger partial charge >= 0.3 is 29.6 Å². The van der Waals surface area contributed by atoms with E-state index < -0.39 is 29.6 Å². The predicted octanol–water partition coefficient (Wildman–Crippen LogP) is -0.938. The molecule has 8 aromatic heterocycles. The summed E-state index contributed by atoms with van der Waals surface area (Å²) in [5.74, 6) is 0. The van der Waals surface area contributed by atoms with E-state index in [2.05, 4.69) is 39.9 Å². The molecule has 8 aromatic rings. The predicted molar refractivity (Wildman–Crippen MR) is 231 cm³/mol. The van der Waals surface area contributed by atoms with Crippen molar-refractivity contribution < 1.29 is 57.5 Å². The van der Waals surface area contributed by atoms with E-state index in [0.29, 0.717) is 0 Å². The van der Waals surface area contributed by atoms with Crippen molar-refractivity contribution in [2.45, 2.75) is 0 Å². The Balaban J connectivity index is -0.000000308. The lowest BCUT2D eigenvalue weighted by atomic mass is 10.3. The molecule has 0 aliphatic carbocycles. The molecule has 8 rings (SSSR count). The molecule has 8 heterocycles. The molecule has 352 valence electrons. The monoisotopic (exact) mass is 912 g/mol. The topological polar surface area (TPSA) is 304 Å². The van der Waals surface area contributed by atoms with Gasteiger partial charge in [0.1, 0.15) is 0 Å². The van der Waals surface area contributed by atoms with Crippen molar-refractivity contribution in [3.63, 3.8) is 0 Å². The van der Waals surface area contributed by atoms with Gasteiger partial charge in [-0.2, -0.15) is 0 Å². The fourth-order valence-corrected chi connectivity index (χ4v) is 2.61. The SMILES string of the molecule is Cn1ccnc1.Cn1ccnc1.Cn1ccnc1.Cn1ccnc1.Cn1ccnc1.Cn1ccnc1.Cn1ccnc1.Cn1ccnc1.OB(O)F.OB(O)F.OB(O)F.OB(O)F. The number of aromatic nitrogens is 16. The number of hydrogen-bond donors (Lipinski definition) is 8. The lowest BCUT2D eigenvalue weighted by Gasteiger charge is -1.76. The highest BCUT2D eigenvalue weighted by Crippen LogP contribution is 1.77. The van der Waals surface area contributed by atoms with Crippen LogP contribution in [0.4, 0.5) is 17.3 Å². The van der Waals surface area contributed by atoms with Crippen molar-refractivity contribution in [1.82, 2.24) is 76.4 Å². The van der Waals surface area contributed by atoms with Crippen molar-refractivity contribution in [1.29, 1.82) is 0 Å². The van der Waals surface area contributed by atoms with Crippen LogP contribution in [0.1, 0.15) is 0 Å². The molecule has 0 bridgehead atoms. The molecule has 0 saturated heterocycles. The van der Waals surface area contributed by atoms with Crippen LogP contribution in [0, 0.1) is 0 Å². The molecule has 0 saturated carbocycles. The summed E-state index contributed by atoms with van der Waals surface area (Å²) >= 11 is 0. The third kappa shape index (κ3) is 67.1. The molecule has 32 heteroatoms. The molecule has 8 N–H and O–H groups in total. The van der Waals surface area contributed by atoms with Gasteiger partial charge in [-0.05, 0) is 0 Å². The Hall–Kier alpha value is -6.66. The van der Waals surface area contributed by atoms with E-state index in [1.54, 1.807) is 100 Å². The Morgan fingerprint density at radius 3 is 0.344 bits per heavy atom. The van der Waals surface area contributed by atoms with Gasteiger partial charge in [-0.3, -0.25) is 17.3 Å². The number of imidazole rings is 8. The average molecular weight is 912 g/mol. The van der Waals surface area contributed by atoms with Crippen molar-refractivity contribution in [3.05, 3.63) is 150 Å². The van der Waals surface area contributed by atoms with Gasteiger partial charge in [0.05, 0.1) is 50.6 Å². The maximum Gasteiger partial charge on any atom is 0.674 e. The van der Waals surface area contributed by atoms with Crippen LogP contribution in [0.15, 0.2) is 150 Å². The third-order valence-electron chi connectivity index (χ3n) is 5.09. The zero-order valence-electron chi connectivity index (χ0n) is 36.4. The summed E-state index contributed by atoms with van der Waals surface area (Å²) in [5, 5.41) is 55.6. The summed E-state index contributed by atoms with van der Waals surface area (Å²) < 4.78 is 55.6. The van der Waals surface area contributed by atoms with E-state index in [1.807, 2.05) is 142 Å². The van der Waals surface area contributed by atoms with Crippen LogP contribution in [0.2, 0.25) is 0 Å². The van der Waals surface area contributed by atoms with Gasteiger partial charge in [-0.15, -0.1) is 0 Å². The van der Waals surface area contributed by atoms with Crippen LogP contribution in [0.3, 0.4) is 0 Å². The molecule has 0 amide bonds. The van der Waals surface area contributed by atoms with Crippen LogP contribution in [-0.2, 0) is 56.4 Å². The Labute approximate surface area is 369 Å². The summed E-state index contributed by atoms with van der Waals surface area (Å²) in [5.41, 5.74) is 0. The van der Waals surface area contributed by atoms with Gasteiger partial charge in [-0.1, -0.05) is 0 Å². The van der Waals surface area contributed by atoms with Crippen LogP contribution in [-0.4, -0.2) is 146 Å². The molecule has 24 nitrogen and oxygen atoms in total. The molecule has 64 heavy (non-hydrogen) atoms. The van der Waals surface area contributed by atoms with Gasteiger partial charge in [-0.25, -0.2) is 39.9 Å². The van der Waals surface area contributed by atoms with E-state index in [0.717, 1.165) is 0 Å². The van der Waals surface area contributed by atoms with Crippen LogP contribution >= 0.6 is 0 Å². The average Bonchev–Trinajstić information content (AvgIpc) is 4.03. The first-order chi connectivity index (χ1) is 30.1. The zero-order valence-corrected chi connectivity index (χ0v) is 36.4. The molecule has 0 aliphatic rings. The van der Waals surface area contributed by atoms with E-state index >= 15 is 0 Å². The van der Waals surface area contributed by atoms with Gasteiger partial charge in [0.2, 0.25) is 0 Å². The molecule has 0 spiro atoms. The quantitative estimate of drug-likeness (QED) is 0.0673. The summed E-state index contributed by atoms with van der Waals surface area (Å²) in [6.07, 6.45) is 43.1. The Kier molecular flexibility index (Phi) is 45.8. The largest absolute Gasteiger partial charge is 0.674 e. The minimum absolute atomic E-state index is 1.75. The Bertz CT molecular complexity index is 1500. The highest BCUT2D eigenvalue weighted by Gasteiger charge is 1.98. The Morgan fingerprint density at radius 2 is 0.328 bits per heavy atom. The second-order valence-corrected chi connectivity index (χ2v) is 11.1. The first-order valence-corrected chi connectivity index (χ1v) is 17.4. The molecule has 0 fully saturated rings. The summed E-state index contributed by atoms with van der Waals surface area (Å²) in [6.45, 7) is 0. The molecule has 0 atom stereocenters. The molecular formula is C32H56B4F4N16O8. The van der Waals surface area contributed by atoms with E-state index in [-0.39, 0.29) is 0 Å². The van der Waals surface area contributed by atoms with Gasteiger partial charge in [0.15, 0.2) is 0 Å². The number of nitrogens with zero attached hydrogens (tertiary/aromatic N) is 16. The molecule has 0 aromatic carbocycles. The van der Waals surface area contributed by atoms with Gasteiger partial charge in [0, 0.05) is 156 Å². The lowest BCUT2D eigenvalue weighted by molar-refractivity contribution is 0.338. The van der Waals surface area contributed by atoms with Crippen molar-refractivity contribution >= 4 is 29.6 Å². The van der Waals surface area contributed by atoms with E-state index in [4.69, 9.17) is 40.2 Å². The highest BCUT2D eigenvalue weighted by atomic mass is 19.1. The fourth-order valence-electron chi connectivity index (χ4n) is 2.61. The molecule has 0 radical (unpaired) electrons. The maximum atomic E-state index is 10.1. The van der Waals surface area contributed by atoms with Crippen molar-refractivity contribution in [2.24, 2.45) is 56.4 Å². The summed E-state index contributed by atoms with van der Waals surface area (Å²) in [4.78, 5) is 30.3. The minimum atomic E-state index is -2.67. The first kappa shape index (κ1) is 64.0. The van der Waals surface area contributed by atoms with Crippen molar-refractivity contribution in [2.75, 3.05) is 0 Å². The number of hydrogen-bond acceptors (Lipinski definition) is 16. The van der Waals surface area contributed by atoms with Gasteiger partial charge in [0.25, 0.3) is 0 Å². The second-order valence-electron chi connectivity index (χ2n) is 11.1. The molecular weight excluding hydrogens is 856 g/mol. The number of aryl methyl sites for hydroxylation is 8. The van der Waals surface area contributed by atoms with Crippen LogP contribution < -0.4 is 0 Å². The minimum Gasteiger partial charge on any atom is -0.398 e. The third-order valence-corrected chi connectivity index (χ3v) is 5.09. The van der Waals surface area contributed by atoms with E-state index in [9.17, 15) is 17.3 Å². The second kappa shape index (κ2) is 45.9. The number of halogens is 4. The first-order valence-electron chi connectivity index (χ1n) is 17.4.